The number of hydrogen-bond acceptors (Lipinski definition) is 4. The fourth-order valence-electron chi connectivity index (χ4n) is 2.46. The molecule has 2 unspecified atom stereocenters. The molecule has 2 atom stereocenters. The molecule has 0 aromatic carbocycles. The Bertz CT molecular complexity index is 503. The van der Waals surface area contributed by atoms with Crippen LogP contribution in [0.25, 0.3) is 0 Å². The van der Waals surface area contributed by atoms with E-state index in [0.29, 0.717) is 32.6 Å². The van der Waals surface area contributed by atoms with Crippen molar-refractivity contribution in [3.63, 3.8) is 0 Å². The number of carbonyl (C=O) groups is 3. The molecular weight excluding hydrogens is 331 g/mol. The molecule has 1 aliphatic heterocycles. The summed E-state index contributed by atoms with van der Waals surface area (Å²) in [7, 11) is 0. The number of alkyl halides is 2. The number of nitrogens with zero attached hydrogens (tertiary/aromatic N) is 2. The van der Waals surface area contributed by atoms with Crippen LogP contribution < -0.4 is 0 Å². The Hall–Kier alpha value is -1.01. The highest BCUT2D eigenvalue weighted by atomic mass is 35.5. The Kier molecular flexibility index (Phi) is 4.64. The monoisotopic (exact) mass is 350 g/mol. The van der Waals surface area contributed by atoms with Crippen molar-refractivity contribution in [3.8, 4) is 0 Å². The van der Waals surface area contributed by atoms with Gasteiger partial charge in [-0.2, -0.15) is 0 Å². The molecule has 1 saturated heterocycles. The first kappa shape index (κ1) is 17.3. The zero-order valence-electron chi connectivity index (χ0n) is 12.9. The Labute approximate surface area is 139 Å². The molecule has 2 aliphatic rings. The van der Waals surface area contributed by atoms with Crippen LogP contribution in [0.2, 0.25) is 0 Å². The zero-order chi connectivity index (χ0) is 16.7. The summed E-state index contributed by atoms with van der Waals surface area (Å²) in [6.07, 6.45) is -0.571. The van der Waals surface area contributed by atoms with Gasteiger partial charge in [0.1, 0.15) is 9.75 Å². The maximum absolute atomic E-state index is 12.3. The Morgan fingerprint density at radius 1 is 1.09 bits per heavy atom. The molecular formula is C14H20Cl2N2O4. The van der Waals surface area contributed by atoms with Crippen molar-refractivity contribution in [3.05, 3.63) is 0 Å². The summed E-state index contributed by atoms with van der Waals surface area (Å²) >= 11 is 11.9. The number of esters is 1. The average molecular weight is 351 g/mol. The Morgan fingerprint density at radius 2 is 1.55 bits per heavy atom. The van der Waals surface area contributed by atoms with Gasteiger partial charge in [-0.25, -0.2) is 0 Å². The van der Waals surface area contributed by atoms with E-state index >= 15 is 0 Å². The topological polar surface area (TPSA) is 66.9 Å². The van der Waals surface area contributed by atoms with Gasteiger partial charge in [-0.3, -0.25) is 14.4 Å². The lowest BCUT2D eigenvalue weighted by molar-refractivity contribution is -0.164. The third-order valence-electron chi connectivity index (χ3n) is 4.38. The lowest BCUT2D eigenvalue weighted by atomic mass is 10.1. The van der Waals surface area contributed by atoms with Crippen molar-refractivity contribution in [2.75, 3.05) is 26.2 Å². The van der Waals surface area contributed by atoms with E-state index in [4.69, 9.17) is 27.9 Å². The molecule has 1 aliphatic carbocycles. The molecule has 124 valence electrons. The van der Waals surface area contributed by atoms with Gasteiger partial charge in [-0.15, -0.1) is 23.2 Å². The van der Waals surface area contributed by atoms with Gasteiger partial charge in [0.2, 0.25) is 5.91 Å². The minimum Gasteiger partial charge on any atom is -0.452 e. The molecule has 0 bridgehead atoms. The predicted molar refractivity (Wildman–Crippen MR) is 81.5 cm³/mol. The molecule has 2 fully saturated rings. The van der Waals surface area contributed by atoms with E-state index in [9.17, 15) is 14.4 Å². The van der Waals surface area contributed by atoms with Gasteiger partial charge in [0.05, 0.1) is 0 Å². The highest BCUT2D eigenvalue weighted by Crippen LogP contribution is 2.64. The van der Waals surface area contributed by atoms with Crippen LogP contribution in [-0.2, 0) is 19.1 Å². The van der Waals surface area contributed by atoms with Gasteiger partial charge in [0, 0.05) is 39.5 Å². The Balaban J connectivity index is 1.86. The summed E-state index contributed by atoms with van der Waals surface area (Å²) in [5.41, 5.74) is -0.946. The van der Waals surface area contributed by atoms with Crippen LogP contribution in [0.3, 0.4) is 0 Å². The van der Waals surface area contributed by atoms with Crippen molar-refractivity contribution in [1.29, 1.82) is 0 Å². The maximum Gasteiger partial charge on any atom is 0.315 e. The Morgan fingerprint density at radius 3 is 1.95 bits per heavy atom. The van der Waals surface area contributed by atoms with Crippen LogP contribution in [0, 0.1) is 5.41 Å². The fraction of sp³-hybridized carbons (Fsp3) is 0.786. The van der Waals surface area contributed by atoms with Crippen molar-refractivity contribution in [2.24, 2.45) is 5.41 Å². The number of rotatable bonds is 3. The van der Waals surface area contributed by atoms with Crippen molar-refractivity contribution in [1.82, 2.24) is 9.80 Å². The second-order valence-electron chi connectivity index (χ2n) is 6.09. The van der Waals surface area contributed by atoms with Crippen LogP contribution in [0.1, 0.15) is 27.2 Å². The molecule has 1 heterocycles. The summed E-state index contributed by atoms with van der Waals surface area (Å²) < 4.78 is 4.11. The third-order valence-corrected chi connectivity index (χ3v) is 5.48. The second kappa shape index (κ2) is 5.89. The van der Waals surface area contributed by atoms with Gasteiger partial charge in [0.25, 0.3) is 5.91 Å². The number of piperazine rings is 1. The number of hydrogen-bond donors (Lipinski definition) is 0. The van der Waals surface area contributed by atoms with E-state index in [2.05, 4.69) is 0 Å². The minimum atomic E-state index is -1.11. The number of ether oxygens (including phenoxy) is 1. The molecule has 1 saturated carbocycles. The smallest absolute Gasteiger partial charge is 0.315 e. The van der Waals surface area contributed by atoms with Gasteiger partial charge in [0.15, 0.2) is 6.10 Å². The van der Waals surface area contributed by atoms with E-state index in [1.165, 1.54) is 13.8 Å². The normalized spacial score (nSPS) is 28.0. The van der Waals surface area contributed by atoms with E-state index < -0.39 is 21.8 Å². The third kappa shape index (κ3) is 3.18. The zero-order valence-corrected chi connectivity index (χ0v) is 14.4. The molecule has 2 amide bonds. The van der Waals surface area contributed by atoms with Gasteiger partial charge in [-0.05, 0) is 13.8 Å². The molecule has 22 heavy (non-hydrogen) atoms. The van der Waals surface area contributed by atoms with Crippen molar-refractivity contribution >= 4 is 41.0 Å². The van der Waals surface area contributed by atoms with Gasteiger partial charge < -0.3 is 14.5 Å². The predicted octanol–water partition coefficient (Wildman–Crippen LogP) is 1.19. The van der Waals surface area contributed by atoms with Gasteiger partial charge in [-0.1, -0.05) is 0 Å². The minimum absolute atomic E-state index is 0.00574. The van der Waals surface area contributed by atoms with Crippen LogP contribution in [0.5, 0.6) is 0 Å². The fourth-order valence-corrected chi connectivity index (χ4v) is 3.15. The average Bonchev–Trinajstić information content (AvgIpc) is 2.98. The highest BCUT2D eigenvalue weighted by Gasteiger charge is 2.69. The lowest BCUT2D eigenvalue weighted by Crippen LogP contribution is -2.52. The first-order valence-corrected chi connectivity index (χ1v) is 7.97. The van der Waals surface area contributed by atoms with Gasteiger partial charge >= 0.3 is 5.97 Å². The largest absolute Gasteiger partial charge is 0.452 e. The summed E-state index contributed by atoms with van der Waals surface area (Å²) in [5, 5.41) is 0. The maximum atomic E-state index is 12.3. The lowest BCUT2D eigenvalue weighted by Gasteiger charge is -2.35. The van der Waals surface area contributed by atoms with E-state index in [0.717, 1.165) is 0 Å². The quantitative estimate of drug-likeness (QED) is 0.566. The highest BCUT2D eigenvalue weighted by molar-refractivity contribution is 6.53. The molecule has 6 nitrogen and oxygen atoms in total. The standard InChI is InChI=1S/C14H20Cl2N2O4/c1-9(22-12(21)13(3)8-14(13,15)16)11(20)18-6-4-17(5-7-18)10(2)19/h9H,4-8H2,1-3H3. The SMILES string of the molecule is CC(=O)N1CCN(C(=O)C(C)OC(=O)C2(C)CC2(Cl)Cl)CC1. The summed E-state index contributed by atoms with van der Waals surface area (Å²) in [6, 6.07) is 0. The summed E-state index contributed by atoms with van der Waals surface area (Å²) in [5.74, 6) is -0.829. The second-order valence-corrected chi connectivity index (χ2v) is 7.58. The van der Waals surface area contributed by atoms with Crippen LogP contribution in [0.15, 0.2) is 0 Å². The van der Waals surface area contributed by atoms with E-state index in [1.54, 1.807) is 16.7 Å². The van der Waals surface area contributed by atoms with Crippen LogP contribution >= 0.6 is 23.2 Å². The van der Waals surface area contributed by atoms with Crippen LogP contribution in [-0.4, -0.2) is 64.2 Å². The van der Waals surface area contributed by atoms with E-state index in [-0.39, 0.29) is 11.8 Å². The summed E-state index contributed by atoms with van der Waals surface area (Å²) in [6.45, 7) is 6.52. The molecule has 2 rings (SSSR count). The molecule has 0 aromatic rings. The van der Waals surface area contributed by atoms with E-state index in [1.807, 2.05) is 0 Å². The summed E-state index contributed by atoms with van der Waals surface area (Å²) in [4.78, 5) is 38.9. The molecule has 0 spiro atoms. The number of carbonyl (C=O) groups excluding carboxylic acids is 3. The molecule has 0 radical (unpaired) electrons. The van der Waals surface area contributed by atoms with Crippen molar-refractivity contribution < 1.29 is 19.1 Å². The molecule has 0 N–H and O–H groups in total. The number of amides is 2. The number of halogens is 2. The molecule has 0 aromatic heterocycles. The molecule has 8 heteroatoms. The first-order valence-electron chi connectivity index (χ1n) is 7.22. The van der Waals surface area contributed by atoms with Crippen LogP contribution in [0.4, 0.5) is 0 Å². The first-order chi connectivity index (χ1) is 10.1. The van der Waals surface area contributed by atoms with Crippen molar-refractivity contribution in [2.45, 2.75) is 37.6 Å².